The number of aromatic amines is 1. The maximum absolute atomic E-state index is 12.7. The minimum absolute atomic E-state index is 0.111. The fraction of sp³-hybridized carbons (Fsp3) is 0.462. The third-order valence-electron chi connectivity index (χ3n) is 6.00. The van der Waals surface area contributed by atoms with Crippen molar-refractivity contribution in [3.05, 3.63) is 53.2 Å². The summed E-state index contributed by atoms with van der Waals surface area (Å²) in [5, 5.41) is 10.4. The molecule has 2 heterocycles. The zero-order chi connectivity index (χ0) is 24.6. The molecule has 1 aromatic carbocycles. The van der Waals surface area contributed by atoms with Crippen molar-refractivity contribution in [3.8, 4) is 16.9 Å². The second-order valence-electron chi connectivity index (χ2n) is 9.11. The van der Waals surface area contributed by atoms with E-state index in [-0.39, 0.29) is 11.9 Å². The molecule has 1 aliphatic carbocycles. The number of nitrogens with one attached hydrogen (secondary N) is 2. The summed E-state index contributed by atoms with van der Waals surface area (Å²) in [6.45, 7) is 4.92. The standard InChI is InChI=1S/C26H32ClN5O3/c1-17(2)34-12-13-35-20-8-9-22(27)21(16-20)19-10-11-28-23(15-19)30-26(33)25-29-24(31-32-25)14-18-6-4-3-5-7-18/h8-11,15-18H,3-7,12-14H2,1-2H3,(H,28,30,33)(H,29,31,32). The molecule has 3 aromatic rings. The summed E-state index contributed by atoms with van der Waals surface area (Å²) in [5.74, 6) is 2.14. The van der Waals surface area contributed by atoms with Gasteiger partial charge in [-0.15, -0.1) is 5.10 Å². The SMILES string of the molecule is CC(C)OCCOc1ccc(Cl)c(-c2ccnc(NC(=O)c3n[nH]c(CC4CCCCC4)n3)c2)c1. The van der Waals surface area contributed by atoms with E-state index in [4.69, 9.17) is 21.1 Å². The summed E-state index contributed by atoms with van der Waals surface area (Å²) in [6.07, 6.45) is 8.86. The quantitative estimate of drug-likeness (QED) is 0.348. The molecule has 1 aliphatic rings. The van der Waals surface area contributed by atoms with Crippen LogP contribution < -0.4 is 10.1 Å². The highest BCUT2D eigenvalue weighted by molar-refractivity contribution is 6.33. The Morgan fingerprint density at radius 3 is 2.80 bits per heavy atom. The third-order valence-corrected chi connectivity index (χ3v) is 6.32. The van der Waals surface area contributed by atoms with Crippen LogP contribution in [-0.4, -0.2) is 45.4 Å². The minimum atomic E-state index is -0.408. The van der Waals surface area contributed by atoms with E-state index in [9.17, 15) is 4.79 Å². The largest absolute Gasteiger partial charge is 0.491 e. The summed E-state index contributed by atoms with van der Waals surface area (Å²) < 4.78 is 11.3. The van der Waals surface area contributed by atoms with Gasteiger partial charge in [-0.05, 0) is 55.7 Å². The highest BCUT2D eigenvalue weighted by atomic mass is 35.5. The van der Waals surface area contributed by atoms with E-state index >= 15 is 0 Å². The number of hydrogen-bond acceptors (Lipinski definition) is 6. The number of benzene rings is 1. The Balaban J connectivity index is 1.40. The molecule has 2 aromatic heterocycles. The molecule has 0 spiro atoms. The normalized spacial score (nSPS) is 14.3. The zero-order valence-electron chi connectivity index (χ0n) is 20.2. The van der Waals surface area contributed by atoms with Crippen LogP contribution in [0.15, 0.2) is 36.5 Å². The van der Waals surface area contributed by atoms with E-state index in [2.05, 4.69) is 25.5 Å². The minimum Gasteiger partial charge on any atom is -0.491 e. The Hall–Kier alpha value is -2.97. The fourth-order valence-corrected chi connectivity index (χ4v) is 4.48. The Labute approximate surface area is 210 Å². The number of H-pyrrole nitrogens is 1. The Kier molecular flexibility index (Phi) is 8.71. The van der Waals surface area contributed by atoms with Crippen molar-refractivity contribution >= 4 is 23.3 Å². The van der Waals surface area contributed by atoms with Crippen LogP contribution >= 0.6 is 11.6 Å². The molecule has 9 heteroatoms. The smallest absolute Gasteiger partial charge is 0.296 e. The first-order valence-electron chi connectivity index (χ1n) is 12.2. The first kappa shape index (κ1) is 25.1. The lowest BCUT2D eigenvalue weighted by molar-refractivity contribution is 0.0553. The monoisotopic (exact) mass is 497 g/mol. The van der Waals surface area contributed by atoms with E-state index < -0.39 is 5.91 Å². The third kappa shape index (κ3) is 7.26. The number of carbonyl (C=O) groups is 1. The molecule has 1 saturated carbocycles. The molecule has 8 nitrogen and oxygen atoms in total. The van der Waals surface area contributed by atoms with Gasteiger partial charge >= 0.3 is 0 Å². The molecule has 0 saturated heterocycles. The van der Waals surface area contributed by atoms with Crippen molar-refractivity contribution in [1.29, 1.82) is 0 Å². The van der Waals surface area contributed by atoms with Crippen LogP contribution in [-0.2, 0) is 11.2 Å². The number of pyridine rings is 1. The van der Waals surface area contributed by atoms with Crippen LogP contribution in [0.4, 0.5) is 5.82 Å². The molecule has 1 fully saturated rings. The summed E-state index contributed by atoms with van der Waals surface area (Å²) in [4.78, 5) is 21.4. The van der Waals surface area contributed by atoms with Gasteiger partial charge in [-0.3, -0.25) is 9.89 Å². The maximum Gasteiger partial charge on any atom is 0.296 e. The lowest BCUT2D eigenvalue weighted by Crippen LogP contribution is -2.15. The molecule has 4 rings (SSSR count). The van der Waals surface area contributed by atoms with E-state index in [0.29, 0.717) is 35.7 Å². The number of aromatic nitrogens is 4. The van der Waals surface area contributed by atoms with Gasteiger partial charge in [0.2, 0.25) is 5.82 Å². The average Bonchev–Trinajstić information content (AvgIpc) is 3.32. The van der Waals surface area contributed by atoms with Crippen LogP contribution in [0.2, 0.25) is 5.02 Å². The highest BCUT2D eigenvalue weighted by Gasteiger charge is 2.19. The van der Waals surface area contributed by atoms with Gasteiger partial charge in [0, 0.05) is 23.2 Å². The predicted molar refractivity (Wildman–Crippen MR) is 136 cm³/mol. The van der Waals surface area contributed by atoms with Gasteiger partial charge in [0.1, 0.15) is 24.0 Å². The van der Waals surface area contributed by atoms with Gasteiger partial charge in [0.15, 0.2) is 0 Å². The lowest BCUT2D eigenvalue weighted by Gasteiger charge is -2.19. The molecular formula is C26H32ClN5O3. The van der Waals surface area contributed by atoms with Crippen molar-refractivity contribution in [2.45, 2.75) is 58.5 Å². The van der Waals surface area contributed by atoms with Crippen molar-refractivity contribution < 1.29 is 14.3 Å². The molecule has 186 valence electrons. The van der Waals surface area contributed by atoms with Crippen LogP contribution in [0.3, 0.4) is 0 Å². The van der Waals surface area contributed by atoms with Gasteiger partial charge in [-0.25, -0.2) is 9.97 Å². The highest BCUT2D eigenvalue weighted by Crippen LogP contribution is 2.32. The number of carbonyl (C=O) groups excluding carboxylic acids is 1. The summed E-state index contributed by atoms with van der Waals surface area (Å²) in [6, 6.07) is 9.07. The van der Waals surface area contributed by atoms with Crippen molar-refractivity contribution in [1.82, 2.24) is 20.2 Å². The van der Waals surface area contributed by atoms with E-state index in [0.717, 1.165) is 23.4 Å². The second-order valence-corrected chi connectivity index (χ2v) is 9.51. The lowest BCUT2D eigenvalue weighted by atomic mass is 9.87. The Morgan fingerprint density at radius 1 is 1.17 bits per heavy atom. The molecule has 0 radical (unpaired) electrons. The average molecular weight is 498 g/mol. The molecule has 0 aliphatic heterocycles. The van der Waals surface area contributed by atoms with Gasteiger partial charge in [0.05, 0.1) is 12.7 Å². The second kappa shape index (κ2) is 12.1. The molecule has 2 N–H and O–H groups in total. The van der Waals surface area contributed by atoms with Gasteiger partial charge < -0.3 is 14.8 Å². The number of halogens is 1. The number of amides is 1. The molecular weight excluding hydrogens is 466 g/mol. The van der Waals surface area contributed by atoms with Crippen LogP contribution in [0.25, 0.3) is 11.1 Å². The van der Waals surface area contributed by atoms with E-state index in [1.165, 1.54) is 32.1 Å². The molecule has 0 bridgehead atoms. The summed E-state index contributed by atoms with van der Waals surface area (Å²) in [7, 11) is 0. The van der Waals surface area contributed by atoms with Crippen molar-refractivity contribution in [2.24, 2.45) is 5.92 Å². The summed E-state index contributed by atoms with van der Waals surface area (Å²) in [5.41, 5.74) is 1.58. The first-order valence-corrected chi connectivity index (χ1v) is 12.6. The number of nitrogens with zero attached hydrogens (tertiary/aromatic N) is 3. The number of rotatable bonds is 10. The van der Waals surface area contributed by atoms with E-state index in [1.807, 2.05) is 32.0 Å². The fourth-order valence-electron chi connectivity index (χ4n) is 4.25. The van der Waals surface area contributed by atoms with E-state index in [1.54, 1.807) is 18.3 Å². The predicted octanol–water partition coefficient (Wildman–Crippen LogP) is 5.70. The molecule has 35 heavy (non-hydrogen) atoms. The van der Waals surface area contributed by atoms with Gasteiger partial charge in [0.25, 0.3) is 5.91 Å². The number of anilines is 1. The Morgan fingerprint density at radius 2 is 2.00 bits per heavy atom. The van der Waals surface area contributed by atoms with Gasteiger partial charge in [-0.2, -0.15) is 0 Å². The molecule has 0 atom stereocenters. The van der Waals surface area contributed by atoms with Crippen LogP contribution in [0.5, 0.6) is 5.75 Å². The number of hydrogen-bond donors (Lipinski definition) is 2. The van der Waals surface area contributed by atoms with Crippen molar-refractivity contribution in [2.75, 3.05) is 18.5 Å². The molecule has 1 amide bonds. The topological polar surface area (TPSA) is 102 Å². The van der Waals surface area contributed by atoms with Crippen LogP contribution in [0, 0.1) is 5.92 Å². The maximum atomic E-state index is 12.7. The van der Waals surface area contributed by atoms with Gasteiger partial charge in [-0.1, -0.05) is 43.7 Å². The number of ether oxygens (including phenoxy) is 2. The summed E-state index contributed by atoms with van der Waals surface area (Å²) >= 11 is 6.46. The van der Waals surface area contributed by atoms with Crippen LogP contribution in [0.1, 0.15) is 62.4 Å². The first-order chi connectivity index (χ1) is 17.0. The molecule has 0 unspecified atom stereocenters. The van der Waals surface area contributed by atoms with Crippen molar-refractivity contribution in [3.63, 3.8) is 0 Å². The Bertz CT molecular complexity index is 1130. The zero-order valence-corrected chi connectivity index (χ0v) is 21.0.